The van der Waals surface area contributed by atoms with E-state index >= 15 is 0 Å². The summed E-state index contributed by atoms with van der Waals surface area (Å²) in [6.45, 7) is 0.321. The van der Waals surface area contributed by atoms with Gasteiger partial charge in [-0.2, -0.15) is 0 Å². The Bertz CT molecular complexity index is 1350. The molecule has 35 heavy (non-hydrogen) atoms. The maximum atomic E-state index is 12.9. The van der Waals surface area contributed by atoms with Gasteiger partial charge in [-0.3, -0.25) is 14.5 Å². The average Bonchev–Trinajstić information content (AvgIpc) is 3.09. The van der Waals surface area contributed by atoms with E-state index in [1.807, 2.05) is 6.07 Å². The first-order chi connectivity index (χ1) is 16.7. The lowest BCUT2D eigenvalue weighted by molar-refractivity contribution is -0.123. The SMILES string of the molecule is COc1cc(/C=C2\SC(=O)N(Cc3ccc(Cl)cc3Cl)C2=O)ccc1OCc1ccc(Cl)c(Cl)c1. The number of nitrogens with zero attached hydrogens (tertiary/aromatic N) is 1. The van der Waals surface area contributed by atoms with Gasteiger partial charge in [-0.25, -0.2) is 0 Å². The van der Waals surface area contributed by atoms with E-state index in [4.69, 9.17) is 55.9 Å². The molecule has 1 heterocycles. The summed E-state index contributed by atoms with van der Waals surface area (Å²) in [6, 6.07) is 15.4. The second-order valence-electron chi connectivity index (χ2n) is 7.45. The summed E-state index contributed by atoms with van der Waals surface area (Å²) >= 11 is 25.0. The fourth-order valence-corrected chi connectivity index (χ4v) is 4.92. The van der Waals surface area contributed by atoms with Gasteiger partial charge in [-0.1, -0.05) is 64.6 Å². The minimum absolute atomic E-state index is 0.0584. The van der Waals surface area contributed by atoms with Crippen LogP contribution < -0.4 is 9.47 Å². The van der Waals surface area contributed by atoms with Crippen LogP contribution in [0.15, 0.2) is 59.5 Å². The summed E-state index contributed by atoms with van der Waals surface area (Å²) in [5.41, 5.74) is 2.16. The molecule has 1 saturated heterocycles. The Morgan fingerprint density at radius 2 is 1.69 bits per heavy atom. The molecule has 0 bridgehead atoms. The largest absolute Gasteiger partial charge is 0.493 e. The lowest BCUT2D eigenvalue weighted by Crippen LogP contribution is -2.27. The van der Waals surface area contributed by atoms with Crippen molar-refractivity contribution >= 4 is 75.4 Å². The first-order valence-corrected chi connectivity index (χ1v) is 12.5. The zero-order chi connectivity index (χ0) is 25.1. The Balaban J connectivity index is 1.49. The van der Waals surface area contributed by atoms with Gasteiger partial charge in [0.1, 0.15) is 6.61 Å². The molecule has 2 amide bonds. The lowest BCUT2D eigenvalue weighted by atomic mass is 10.1. The Morgan fingerprint density at radius 1 is 0.886 bits per heavy atom. The highest BCUT2D eigenvalue weighted by Crippen LogP contribution is 2.36. The second-order valence-corrected chi connectivity index (χ2v) is 10.1. The van der Waals surface area contributed by atoms with Crippen molar-refractivity contribution < 1.29 is 19.1 Å². The van der Waals surface area contributed by atoms with Crippen LogP contribution >= 0.6 is 58.2 Å². The Labute approximate surface area is 226 Å². The van der Waals surface area contributed by atoms with Gasteiger partial charge < -0.3 is 9.47 Å². The Morgan fingerprint density at radius 3 is 2.40 bits per heavy atom. The first-order valence-electron chi connectivity index (χ1n) is 10.2. The number of benzene rings is 3. The van der Waals surface area contributed by atoms with Crippen molar-refractivity contribution in [1.29, 1.82) is 0 Å². The minimum Gasteiger partial charge on any atom is -0.493 e. The van der Waals surface area contributed by atoms with Crippen LogP contribution in [-0.2, 0) is 17.9 Å². The Hall–Kier alpha value is -2.35. The maximum Gasteiger partial charge on any atom is 0.293 e. The van der Waals surface area contributed by atoms with Gasteiger partial charge in [0, 0.05) is 10.0 Å². The minimum atomic E-state index is -0.398. The zero-order valence-corrected chi connectivity index (χ0v) is 22.0. The van der Waals surface area contributed by atoms with E-state index in [0.717, 1.165) is 22.2 Å². The number of methoxy groups -OCH3 is 1. The predicted octanol–water partition coefficient (Wildman–Crippen LogP) is 8.12. The van der Waals surface area contributed by atoms with Crippen molar-refractivity contribution in [2.24, 2.45) is 0 Å². The first kappa shape index (κ1) is 25.7. The van der Waals surface area contributed by atoms with E-state index < -0.39 is 5.91 Å². The molecule has 0 unspecified atom stereocenters. The molecule has 10 heteroatoms. The molecule has 1 aliphatic rings. The molecule has 1 aliphatic heterocycles. The van der Waals surface area contributed by atoms with Crippen LogP contribution in [0, 0.1) is 0 Å². The van der Waals surface area contributed by atoms with Gasteiger partial charge in [0.05, 0.1) is 28.6 Å². The number of rotatable bonds is 7. The number of amides is 2. The van der Waals surface area contributed by atoms with Crippen molar-refractivity contribution in [3.05, 3.63) is 96.3 Å². The van der Waals surface area contributed by atoms with Crippen molar-refractivity contribution in [1.82, 2.24) is 4.90 Å². The Kier molecular flexibility index (Phi) is 8.19. The third kappa shape index (κ3) is 6.08. The number of carbonyl (C=O) groups is 2. The van der Waals surface area contributed by atoms with Crippen LogP contribution in [0.1, 0.15) is 16.7 Å². The molecule has 5 nitrogen and oxygen atoms in total. The number of hydrogen-bond donors (Lipinski definition) is 0. The molecule has 0 spiro atoms. The molecule has 0 radical (unpaired) electrons. The van der Waals surface area contributed by atoms with Gasteiger partial charge in [-0.05, 0) is 70.9 Å². The number of hydrogen-bond acceptors (Lipinski definition) is 5. The van der Waals surface area contributed by atoms with E-state index in [0.29, 0.717) is 47.6 Å². The van der Waals surface area contributed by atoms with Crippen molar-refractivity contribution in [2.45, 2.75) is 13.2 Å². The lowest BCUT2D eigenvalue weighted by Gasteiger charge is -2.14. The monoisotopic (exact) mass is 567 g/mol. The summed E-state index contributed by atoms with van der Waals surface area (Å²) in [7, 11) is 1.52. The molecule has 0 aliphatic carbocycles. The van der Waals surface area contributed by atoms with E-state index in [1.54, 1.807) is 54.6 Å². The number of carbonyl (C=O) groups excluding carboxylic acids is 2. The fraction of sp³-hybridized carbons (Fsp3) is 0.120. The van der Waals surface area contributed by atoms with E-state index in [-0.39, 0.29) is 18.4 Å². The standard InChI is InChI=1S/C25H17Cl4NO4S/c1-33-22-9-14(3-7-21(22)34-13-15-2-6-18(27)20(29)8-15)10-23-24(31)30(25(32)35-23)12-16-4-5-17(26)11-19(16)28/h2-11H,12-13H2,1H3/b23-10-. The van der Waals surface area contributed by atoms with Crippen LogP contribution in [0.2, 0.25) is 20.1 Å². The van der Waals surface area contributed by atoms with E-state index in [9.17, 15) is 9.59 Å². The molecular formula is C25H17Cl4NO4S. The molecule has 0 N–H and O–H groups in total. The van der Waals surface area contributed by atoms with Gasteiger partial charge in [0.2, 0.25) is 0 Å². The summed E-state index contributed by atoms with van der Waals surface area (Å²) in [4.78, 5) is 26.9. The van der Waals surface area contributed by atoms with Gasteiger partial charge in [0.15, 0.2) is 11.5 Å². The van der Waals surface area contributed by atoms with E-state index in [2.05, 4.69) is 0 Å². The number of thioether (sulfide) groups is 1. The summed E-state index contributed by atoms with van der Waals surface area (Å²) < 4.78 is 11.3. The number of ether oxygens (including phenoxy) is 2. The highest BCUT2D eigenvalue weighted by molar-refractivity contribution is 8.18. The number of imide groups is 1. The molecule has 180 valence electrons. The van der Waals surface area contributed by atoms with Crippen molar-refractivity contribution in [3.63, 3.8) is 0 Å². The van der Waals surface area contributed by atoms with Gasteiger partial charge in [-0.15, -0.1) is 0 Å². The summed E-state index contributed by atoms with van der Waals surface area (Å²) in [5, 5.41) is 1.41. The van der Waals surface area contributed by atoms with Crippen LogP contribution in [0.5, 0.6) is 11.5 Å². The molecule has 0 atom stereocenters. The van der Waals surface area contributed by atoms with Crippen molar-refractivity contribution in [2.75, 3.05) is 7.11 Å². The van der Waals surface area contributed by atoms with Gasteiger partial charge in [0.25, 0.3) is 11.1 Å². The topological polar surface area (TPSA) is 55.8 Å². The predicted molar refractivity (Wildman–Crippen MR) is 142 cm³/mol. The van der Waals surface area contributed by atoms with Crippen LogP contribution in [0.4, 0.5) is 4.79 Å². The highest BCUT2D eigenvalue weighted by Gasteiger charge is 2.35. The third-order valence-corrected chi connectivity index (χ3v) is 7.31. The third-order valence-electron chi connectivity index (χ3n) is 5.08. The summed E-state index contributed by atoms with van der Waals surface area (Å²) in [5.74, 6) is 0.595. The molecule has 3 aromatic rings. The number of halogens is 4. The maximum absolute atomic E-state index is 12.9. The highest BCUT2D eigenvalue weighted by atomic mass is 35.5. The summed E-state index contributed by atoms with van der Waals surface area (Å²) in [6.07, 6.45) is 1.64. The smallest absolute Gasteiger partial charge is 0.293 e. The van der Waals surface area contributed by atoms with Crippen molar-refractivity contribution in [3.8, 4) is 11.5 Å². The molecule has 1 fully saturated rings. The molecule has 4 rings (SSSR count). The second kappa shape index (κ2) is 11.1. The normalized spacial score (nSPS) is 14.7. The van der Waals surface area contributed by atoms with Gasteiger partial charge >= 0.3 is 0 Å². The molecular weight excluding hydrogens is 552 g/mol. The van der Waals surface area contributed by atoms with Crippen LogP contribution in [-0.4, -0.2) is 23.2 Å². The molecule has 0 saturated carbocycles. The molecule has 3 aromatic carbocycles. The van der Waals surface area contributed by atoms with E-state index in [1.165, 1.54) is 7.11 Å². The fourth-order valence-electron chi connectivity index (χ4n) is 3.29. The zero-order valence-electron chi connectivity index (χ0n) is 18.2. The average molecular weight is 569 g/mol. The van der Waals surface area contributed by atoms with Crippen LogP contribution in [0.25, 0.3) is 6.08 Å². The van der Waals surface area contributed by atoms with Crippen LogP contribution in [0.3, 0.4) is 0 Å². The molecule has 0 aromatic heterocycles. The quantitative estimate of drug-likeness (QED) is 0.269.